The molecule has 1 fully saturated rings. The first-order valence-electron chi connectivity index (χ1n) is 10.7. The summed E-state index contributed by atoms with van der Waals surface area (Å²) >= 11 is 18.3. The van der Waals surface area contributed by atoms with Crippen LogP contribution in [0.5, 0.6) is 5.75 Å². The Bertz CT molecular complexity index is 1510. The Morgan fingerprint density at radius 2 is 1.84 bits per heavy atom. The van der Waals surface area contributed by atoms with Crippen LogP contribution in [0.2, 0.25) is 15.1 Å². The van der Waals surface area contributed by atoms with E-state index in [9.17, 15) is 18.0 Å². The van der Waals surface area contributed by atoms with Gasteiger partial charge in [-0.2, -0.15) is 18.2 Å². The van der Waals surface area contributed by atoms with E-state index in [4.69, 9.17) is 54.3 Å². The van der Waals surface area contributed by atoms with Crippen molar-refractivity contribution in [3.8, 4) is 28.7 Å². The highest BCUT2D eigenvalue weighted by Crippen LogP contribution is 2.37. The number of pyridine rings is 1. The molecular weight excluding hydrogens is 578 g/mol. The predicted molar refractivity (Wildman–Crippen MR) is 130 cm³/mol. The lowest BCUT2D eigenvalue weighted by Gasteiger charge is -2.24. The molecule has 0 bridgehead atoms. The fourth-order valence-electron chi connectivity index (χ4n) is 3.40. The summed E-state index contributed by atoms with van der Waals surface area (Å²) in [5.41, 5.74) is -0.279. The van der Waals surface area contributed by atoms with Gasteiger partial charge in [-0.15, -0.1) is 0 Å². The number of piperidine rings is 1. The Kier molecular flexibility index (Phi) is 7.77. The number of ether oxygens (including phenoxy) is 1. The second-order valence-corrected chi connectivity index (χ2v) is 9.22. The van der Waals surface area contributed by atoms with Gasteiger partial charge in [0.05, 0.1) is 27.7 Å². The number of halogens is 6. The van der Waals surface area contributed by atoms with Crippen LogP contribution < -0.4 is 10.1 Å². The van der Waals surface area contributed by atoms with Gasteiger partial charge in [0, 0.05) is 37.0 Å². The number of aliphatic hydroxyl groups is 2. The van der Waals surface area contributed by atoms with E-state index in [2.05, 4.69) is 20.4 Å². The van der Waals surface area contributed by atoms with Gasteiger partial charge in [-0.05, 0) is 18.6 Å². The van der Waals surface area contributed by atoms with Crippen molar-refractivity contribution >= 4 is 46.4 Å². The Morgan fingerprint density at radius 3 is 2.45 bits per heavy atom. The Balaban J connectivity index is 0.000000317. The van der Waals surface area contributed by atoms with Crippen LogP contribution in [0.25, 0.3) is 28.6 Å². The molecule has 1 aromatic carbocycles. The quantitative estimate of drug-likeness (QED) is 0.293. The molecule has 1 saturated heterocycles. The SMILES string of the molecule is COc1cc(Cl)c(-c2noc(-c3cn4cc(C(F)(F)F)cc(Cl)c4n3)n2)cc1Cl.O=C1NCCCC1(O)O. The van der Waals surface area contributed by atoms with Crippen LogP contribution in [-0.4, -0.2) is 55.1 Å². The summed E-state index contributed by atoms with van der Waals surface area (Å²) in [7, 11) is 1.45. The van der Waals surface area contributed by atoms with E-state index in [1.54, 1.807) is 0 Å². The third-order valence-electron chi connectivity index (χ3n) is 5.31. The summed E-state index contributed by atoms with van der Waals surface area (Å²) in [5, 5.41) is 24.1. The molecule has 1 aliphatic heterocycles. The molecule has 1 aliphatic rings. The molecule has 0 unspecified atom stereocenters. The van der Waals surface area contributed by atoms with Crippen molar-refractivity contribution in [2.75, 3.05) is 13.7 Å². The largest absolute Gasteiger partial charge is 0.495 e. The van der Waals surface area contributed by atoms with Crippen LogP contribution in [0.3, 0.4) is 0 Å². The third kappa shape index (κ3) is 5.81. The Morgan fingerprint density at radius 1 is 1.11 bits per heavy atom. The molecule has 3 aromatic heterocycles. The van der Waals surface area contributed by atoms with Crippen molar-refractivity contribution in [3.63, 3.8) is 0 Å². The Hall–Kier alpha value is -3.10. The number of hydrogen-bond donors (Lipinski definition) is 3. The average Bonchev–Trinajstić information content (AvgIpc) is 3.50. The molecule has 1 amide bonds. The summed E-state index contributed by atoms with van der Waals surface area (Å²) < 4.78 is 50.3. The lowest BCUT2D eigenvalue weighted by Crippen LogP contribution is -2.51. The number of amides is 1. The normalized spacial score (nSPS) is 15.1. The zero-order valence-electron chi connectivity index (χ0n) is 19.2. The number of hydrogen-bond acceptors (Lipinski definition) is 8. The molecule has 16 heteroatoms. The van der Waals surface area contributed by atoms with E-state index >= 15 is 0 Å². The number of imidazole rings is 1. The molecule has 10 nitrogen and oxygen atoms in total. The van der Waals surface area contributed by atoms with Crippen LogP contribution in [0, 0.1) is 0 Å². The molecule has 0 aliphatic carbocycles. The van der Waals surface area contributed by atoms with Gasteiger partial charge in [-0.3, -0.25) is 4.79 Å². The van der Waals surface area contributed by atoms with Crippen LogP contribution in [-0.2, 0) is 11.0 Å². The van der Waals surface area contributed by atoms with Crippen LogP contribution in [0.15, 0.2) is 35.1 Å². The molecule has 202 valence electrons. The minimum Gasteiger partial charge on any atom is -0.495 e. The molecule has 0 saturated carbocycles. The van der Waals surface area contributed by atoms with E-state index < -0.39 is 23.4 Å². The van der Waals surface area contributed by atoms with Crippen molar-refractivity contribution < 1.29 is 37.4 Å². The molecular formula is C22H17Cl3F3N5O5. The highest BCUT2D eigenvalue weighted by atomic mass is 35.5. The van der Waals surface area contributed by atoms with Gasteiger partial charge < -0.3 is 29.2 Å². The first-order valence-corrected chi connectivity index (χ1v) is 11.8. The third-order valence-corrected chi connectivity index (χ3v) is 6.20. The monoisotopic (exact) mass is 593 g/mol. The maximum absolute atomic E-state index is 13.0. The number of nitrogens with zero attached hydrogens (tertiary/aromatic N) is 4. The number of aromatic nitrogens is 4. The maximum Gasteiger partial charge on any atom is 0.417 e. The molecule has 5 rings (SSSR count). The molecule has 3 N–H and O–H groups in total. The first-order chi connectivity index (χ1) is 17.8. The average molecular weight is 595 g/mol. The van der Waals surface area contributed by atoms with Gasteiger partial charge in [0.15, 0.2) is 5.65 Å². The molecule has 4 heterocycles. The maximum atomic E-state index is 13.0. The molecule has 0 atom stereocenters. The Labute approximate surface area is 226 Å². The number of carbonyl (C=O) groups is 1. The van der Waals surface area contributed by atoms with Gasteiger partial charge in [0.1, 0.15) is 11.4 Å². The van der Waals surface area contributed by atoms with Crippen molar-refractivity contribution in [2.45, 2.75) is 24.8 Å². The number of rotatable bonds is 3. The van der Waals surface area contributed by atoms with Gasteiger partial charge >= 0.3 is 6.18 Å². The zero-order valence-corrected chi connectivity index (χ0v) is 21.5. The van der Waals surface area contributed by atoms with E-state index in [-0.39, 0.29) is 44.5 Å². The standard InChI is InChI=1S/C17H8Cl3F3N4O2.C5H9NO3/c1-28-13-4-9(18)8(3-10(13)19)14-25-16(29-26-14)12-6-27-5-7(17(21,22)23)2-11(20)15(27)24-12;7-4-5(8,9)2-1-3-6-4/h2-6H,1H3;8-9H,1-3H2,(H,6,7). The highest BCUT2D eigenvalue weighted by Gasteiger charge is 2.35. The van der Waals surface area contributed by atoms with Gasteiger partial charge in [0.2, 0.25) is 11.6 Å². The number of fused-ring (bicyclic) bond motifs is 1. The van der Waals surface area contributed by atoms with Gasteiger partial charge in [-0.1, -0.05) is 40.0 Å². The number of alkyl halides is 3. The molecule has 38 heavy (non-hydrogen) atoms. The second kappa shape index (κ2) is 10.6. The minimum absolute atomic E-state index is 0.0312. The van der Waals surface area contributed by atoms with E-state index in [1.807, 2.05) is 0 Å². The fourth-order valence-corrected chi connectivity index (χ4v) is 4.14. The molecule has 4 aromatic rings. The summed E-state index contributed by atoms with van der Waals surface area (Å²) in [4.78, 5) is 18.9. The zero-order chi connectivity index (χ0) is 27.8. The minimum atomic E-state index is -4.55. The molecule has 0 radical (unpaired) electrons. The van der Waals surface area contributed by atoms with Crippen LogP contribution in [0.1, 0.15) is 18.4 Å². The summed E-state index contributed by atoms with van der Waals surface area (Å²) in [6.45, 7) is 0.543. The van der Waals surface area contributed by atoms with Crippen molar-refractivity contribution in [1.29, 1.82) is 0 Å². The first kappa shape index (κ1) is 27.9. The van der Waals surface area contributed by atoms with Gasteiger partial charge in [-0.25, -0.2) is 4.98 Å². The number of nitrogens with one attached hydrogen (secondary N) is 1. The van der Waals surface area contributed by atoms with Gasteiger partial charge in [0.25, 0.3) is 11.8 Å². The lowest BCUT2D eigenvalue weighted by atomic mass is 10.1. The highest BCUT2D eigenvalue weighted by molar-refractivity contribution is 6.36. The topological polar surface area (TPSA) is 135 Å². The second-order valence-electron chi connectivity index (χ2n) is 8.00. The van der Waals surface area contributed by atoms with Crippen LogP contribution in [0.4, 0.5) is 13.2 Å². The summed E-state index contributed by atoms with van der Waals surface area (Å²) in [6, 6.07) is 3.80. The smallest absolute Gasteiger partial charge is 0.417 e. The van der Waals surface area contributed by atoms with Crippen molar-refractivity contribution in [3.05, 3.63) is 51.2 Å². The van der Waals surface area contributed by atoms with E-state index in [0.29, 0.717) is 24.3 Å². The van der Waals surface area contributed by atoms with Crippen molar-refractivity contribution in [2.24, 2.45) is 0 Å². The van der Waals surface area contributed by atoms with E-state index in [1.165, 1.54) is 25.4 Å². The van der Waals surface area contributed by atoms with Crippen LogP contribution >= 0.6 is 34.8 Å². The fraction of sp³-hybridized carbons (Fsp3) is 0.273. The predicted octanol–water partition coefficient (Wildman–Crippen LogP) is 4.62. The number of benzene rings is 1. The molecule has 0 spiro atoms. The van der Waals surface area contributed by atoms with Crippen molar-refractivity contribution in [1.82, 2.24) is 24.8 Å². The summed E-state index contributed by atoms with van der Waals surface area (Å²) in [5.74, 6) is -2.34. The summed E-state index contributed by atoms with van der Waals surface area (Å²) in [6.07, 6.45) is -1.62. The number of carbonyl (C=O) groups excluding carboxylic acids is 1. The number of methoxy groups -OCH3 is 1. The lowest BCUT2D eigenvalue weighted by molar-refractivity contribution is -0.192. The van der Waals surface area contributed by atoms with E-state index in [0.717, 1.165) is 16.7 Å².